The number of rotatable bonds is 19. The number of imidazole rings is 1. The van der Waals surface area contributed by atoms with Crippen LogP contribution in [0.4, 0.5) is 5.82 Å². The summed E-state index contributed by atoms with van der Waals surface area (Å²) in [5.74, 6) is 1.19. The summed E-state index contributed by atoms with van der Waals surface area (Å²) < 4.78 is 69.6. The number of ether oxygens (including phenoxy) is 5. The average Bonchev–Trinajstić information content (AvgIpc) is 4.16. The number of fused-ring (bicyclic) bond motifs is 1. The van der Waals surface area contributed by atoms with Crippen molar-refractivity contribution < 1.29 is 46.5 Å². The summed E-state index contributed by atoms with van der Waals surface area (Å²) >= 11 is 0. The highest BCUT2D eigenvalue weighted by Gasteiger charge is 2.48. The summed E-state index contributed by atoms with van der Waals surface area (Å²) in [4.78, 5) is 54.9. The predicted octanol–water partition coefficient (Wildman–Crippen LogP) is 9.15. The van der Waals surface area contributed by atoms with Crippen LogP contribution in [0, 0.1) is 6.92 Å². The Morgan fingerprint density at radius 3 is 1.95 bits per heavy atom. The third-order valence-electron chi connectivity index (χ3n) is 14.4. The van der Waals surface area contributed by atoms with Crippen molar-refractivity contribution in [3.8, 4) is 11.5 Å². The second-order valence-corrected chi connectivity index (χ2v) is 27.3. The van der Waals surface area contributed by atoms with Crippen LogP contribution in [-0.2, 0) is 37.9 Å². The molecule has 7 aromatic rings. The Balaban J connectivity index is 1.00. The van der Waals surface area contributed by atoms with Crippen molar-refractivity contribution in [2.24, 2.45) is 0 Å². The number of anilines is 1. The van der Waals surface area contributed by atoms with Crippen molar-refractivity contribution >= 4 is 38.8 Å². The van der Waals surface area contributed by atoms with E-state index in [0.717, 1.165) is 16.7 Å². The molecule has 2 N–H and O–H groups in total. The number of aromatic nitrogens is 6. The average molecular weight is 1070 g/mol. The Labute approximate surface area is 441 Å². The fourth-order valence-corrected chi connectivity index (χ4v) is 11.9. The van der Waals surface area contributed by atoms with Crippen molar-refractivity contribution in [2.75, 3.05) is 39.4 Å². The van der Waals surface area contributed by atoms with Crippen molar-refractivity contribution in [3.63, 3.8) is 0 Å². The molecule has 21 heteroatoms. The summed E-state index contributed by atoms with van der Waals surface area (Å²) in [5, 5.41) is 2.69. The Morgan fingerprint density at radius 2 is 1.34 bits per heavy atom. The van der Waals surface area contributed by atoms with Gasteiger partial charge in [-0.05, 0) is 78.1 Å². The van der Waals surface area contributed by atoms with Crippen LogP contribution < -0.4 is 26.0 Å². The van der Waals surface area contributed by atoms with Crippen LogP contribution in [0.15, 0.2) is 138 Å². The second-order valence-electron chi connectivity index (χ2n) is 20.5. The molecule has 0 aliphatic carbocycles. The van der Waals surface area contributed by atoms with Crippen LogP contribution in [0.1, 0.15) is 78.7 Å². The Hall–Kier alpha value is -6.61. The Morgan fingerprint density at radius 1 is 0.776 bits per heavy atom. The summed E-state index contributed by atoms with van der Waals surface area (Å²) in [5.41, 5.74) is 1.41. The molecule has 0 bridgehead atoms. The van der Waals surface area contributed by atoms with Crippen molar-refractivity contribution in [1.82, 2.24) is 29.1 Å². The van der Waals surface area contributed by atoms with Crippen LogP contribution in [0.5, 0.6) is 11.5 Å². The number of H-pyrrole nitrogens is 1. The lowest BCUT2D eigenvalue weighted by atomic mass is 9.80. The normalized spacial score (nSPS) is 20.9. The largest absolute Gasteiger partial charge is 0.497 e. The van der Waals surface area contributed by atoms with E-state index in [2.05, 4.69) is 59.1 Å². The number of carbonyl (C=O) groups is 1. The van der Waals surface area contributed by atoms with Crippen molar-refractivity contribution in [2.45, 2.75) is 101 Å². The van der Waals surface area contributed by atoms with Crippen molar-refractivity contribution in [3.05, 3.63) is 177 Å². The Bertz CT molecular complexity index is 3270. The van der Waals surface area contributed by atoms with Crippen LogP contribution in [0.3, 0.4) is 0 Å². The van der Waals surface area contributed by atoms with Gasteiger partial charge in [-0.3, -0.25) is 28.3 Å². The molecule has 76 heavy (non-hydrogen) atoms. The van der Waals surface area contributed by atoms with Crippen LogP contribution in [0.25, 0.3) is 11.2 Å². The highest BCUT2D eigenvalue weighted by Crippen LogP contribution is 2.51. The van der Waals surface area contributed by atoms with Crippen LogP contribution >= 0.6 is 7.60 Å². The summed E-state index contributed by atoms with van der Waals surface area (Å²) in [6, 6.07) is 33.7. The lowest BCUT2D eigenvalue weighted by molar-refractivity contribution is -0.0932. The molecule has 4 aromatic carbocycles. The van der Waals surface area contributed by atoms with Gasteiger partial charge in [0, 0.05) is 36.8 Å². The van der Waals surface area contributed by atoms with Crippen LogP contribution in [0.2, 0.25) is 18.1 Å². The van der Waals surface area contributed by atoms with Gasteiger partial charge in [-0.25, -0.2) is 19.7 Å². The van der Waals surface area contributed by atoms with E-state index < -0.39 is 69.6 Å². The second kappa shape index (κ2) is 22.2. The number of amides is 1. The van der Waals surface area contributed by atoms with E-state index in [0.29, 0.717) is 40.2 Å². The van der Waals surface area contributed by atoms with Gasteiger partial charge in [0.15, 0.2) is 25.3 Å². The van der Waals surface area contributed by atoms with E-state index in [1.165, 1.54) is 23.8 Å². The molecule has 400 valence electrons. The highest BCUT2D eigenvalue weighted by atomic mass is 31.2. The summed E-state index contributed by atoms with van der Waals surface area (Å²) in [6.07, 6.45) is 0.0148. The molecule has 9 rings (SSSR count). The minimum Gasteiger partial charge on any atom is -0.497 e. The molecule has 2 fully saturated rings. The highest BCUT2D eigenvalue weighted by molar-refractivity contribution is 7.53. The molecule has 2 aliphatic rings. The van der Waals surface area contributed by atoms with Gasteiger partial charge in [0.25, 0.3) is 11.5 Å². The zero-order valence-corrected chi connectivity index (χ0v) is 45.9. The van der Waals surface area contributed by atoms with E-state index in [1.807, 2.05) is 84.9 Å². The smallest absolute Gasteiger partial charge is 0.330 e. The fourth-order valence-electron chi connectivity index (χ4n) is 9.32. The van der Waals surface area contributed by atoms with E-state index in [-0.39, 0.29) is 36.4 Å². The lowest BCUT2D eigenvalue weighted by Crippen LogP contribution is -2.46. The summed E-state index contributed by atoms with van der Waals surface area (Å²) in [7, 11) is -3.26. The number of methoxy groups -OCH3 is 2. The molecular formula is C55H64N7O12PSi. The number of nitrogens with one attached hydrogen (secondary N) is 2. The zero-order chi connectivity index (χ0) is 54.0. The molecule has 5 heterocycles. The molecule has 1 unspecified atom stereocenters. The molecule has 2 saturated heterocycles. The maximum Gasteiger partial charge on any atom is 0.330 e. The van der Waals surface area contributed by atoms with Gasteiger partial charge in [0.2, 0.25) is 0 Å². The van der Waals surface area contributed by atoms with Gasteiger partial charge in [0.05, 0.1) is 46.0 Å². The quantitative estimate of drug-likeness (QED) is 0.0438. The number of aryl methyl sites for hydroxylation is 1. The molecular weight excluding hydrogens is 1010 g/mol. The van der Waals surface area contributed by atoms with Gasteiger partial charge in [0.1, 0.15) is 48.1 Å². The van der Waals surface area contributed by atoms with E-state index >= 15 is 0 Å². The van der Waals surface area contributed by atoms with Gasteiger partial charge in [-0.15, -0.1) is 0 Å². The van der Waals surface area contributed by atoms with Gasteiger partial charge in [-0.1, -0.05) is 93.6 Å². The maximum absolute atomic E-state index is 14.9. The van der Waals surface area contributed by atoms with Gasteiger partial charge in [-0.2, -0.15) is 0 Å². The summed E-state index contributed by atoms with van der Waals surface area (Å²) in [6.45, 7) is 13.4. The Kier molecular flexibility index (Phi) is 15.8. The molecule has 19 nitrogen and oxygen atoms in total. The molecule has 0 saturated carbocycles. The van der Waals surface area contributed by atoms with E-state index in [4.69, 9.17) is 37.2 Å². The number of aromatic amines is 1. The lowest BCUT2D eigenvalue weighted by Gasteiger charge is -2.39. The monoisotopic (exact) mass is 1070 g/mol. The number of carbonyl (C=O) groups excluding carboxylic acids is 1. The zero-order valence-electron chi connectivity index (χ0n) is 44.0. The molecule has 2 aliphatic heterocycles. The minimum absolute atomic E-state index is 0.0342. The van der Waals surface area contributed by atoms with Crippen molar-refractivity contribution in [1.29, 1.82) is 0 Å². The number of hydrogen-bond acceptors (Lipinski definition) is 15. The van der Waals surface area contributed by atoms with Crippen LogP contribution in [-0.4, -0.2) is 102 Å². The first-order chi connectivity index (χ1) is 36.3. The maximum atomic E-state index is 14.9. The first-order valence-electron chi connectivity index (χ1n) is 25.0. The minimum atomic E-state index is -4.02. The topological polar surface area (TPSA) is 218 Å². The predicted molar refractivity (Wildman–Crippen MR) is 288 cm³/mol. The SMILES string of the molecule is COc1ccc(C(OC[C@H]2O[C@@H](n3cc(C)c(=O)[nH]c3=O)C[C@@H]2OP(C)(=O)OC[C@H]2O[C@@H](n3cnc4c(NC(=O)c5ccccc5)ncnc43)C[C@@H]2O[Si](C)(C)C(C)(C)C)(c2ccccc2)c2ccc(OC)cc2)cc1. The van der Waals surface area contributed by atoms with Gasteiger partial charge < -0.3 is 42.5 Å². The van der Waals surface area contributed by atoms with E-state index in [1.54, 1.807) is 56.3 Å². The van der Waals surface area contributed by atoms with Gasteiger partial charge >= 0.3 is 13.3 Å². The number of hydrogen-bond donors (Lipinski definition) is 2. The molecule has 3 aromatic heterocycles. The third-order valence-corrected chi connectivity index (χ3v) is 20.2. The fraction of sp³-hybridized carbons (Fsp3) is 0.382. The molecule has 0 radical (unpaired) electrons. The third kappa shape index (κ3) is 11.4. The standard InChI is InChI=1S/C55H64N7O12PSi/c1-35-30-61(53(65)60-51(35)63)46-28-42(44(71-46)31-69-55(37-18-14-11-15-19-37,38-20-24-40(67-5)25-21-38)39-22-26-41(68-6)27-23-39)73-75(7,66)70-32-45-43(74-76(8,9)54(2,3)4)29-47(72-45)62-34-58-48-49(56-33-57-50(48)62)59-52(64)36-16-12-10-13-17-36/h10-27,30,33-34,42-47H,28-29,31-32H2,1-9H3,(H,60,63,65)(H,56,57,59,64)/t42-,43-,44+,45+,46+,47+,75?/m0/s1. The van der Waals surface area contributed by atoms with E-state index in [9.17, 15) is 18.9 Å². The first kappa shape index (κ1) is 54.2. The number of nitrogens with zero attached hydrogens (tertiary/aromatic N) is 5. The molecule has 7 atom stereocenters. The molecule has 0 spiro atoms. The first-order valence-corrected chi connectivity index (χ1v) is 29.9. The number of benzene rings is 4. The molecule has 1 amide bonds.